The van der Waals surface area contributed by atoms with Gasteiger partial charge in [0.1, 0.15) is 5.69 Å². The first-order valence-corrected chi connectivity index (χ1v) is 6.99. The molecule has 20 heavy (non-hydrogen) atoms. The Balaban J connectivity index is 2.24. The Morgan fingerprint density at radius 1 is 1.50 bits per heavy atom. The van der Waals surface area contributed by atoms with Gasteiger partial charge in [-0.05, 0) is 45.4 Å². The highest BCUT2D eigenvalue weighted by Crippen LogP contribution is 2.36. The molecule has 0 spiro atoms. The Labute approximate surface area is 118 Å². The molecule has 1 aliphatic heterocycles. The summed E-state index contributed by atoms with van der Waals surface area (Å²) in [6.07, 6.45) is 1.99. The van der Waals surface area contributed by atoms with E-state index in [-0.39, 0.29) is 22.8 Å². The predicted octanol–water partition coefficient (Wildman–Crippen LogP) is 2.55. The molecule has 1 aromatic rings. The molecular formula is C14H21N3O3. The van der Waals surface area contributed by atoms with Crippen LogP contribution in [0.5, 0.6) is 5.75 Å². The van der Waals surface area contributed by atoms with E-state index in [1.165, 1.54) is 0 Å². The van der Waals surface area contributed by atoms with Crippen LogP contribution in [0.3, 0.4) is 0 Å². The Morgan fingerprint density at radius 2 is 2.30 bits per heavy atom. The molecule has 1 unspecified atom stereocenters. The molecule has 0 amide bonds. The van der Waals surface area contributed by atoms with E-state index in [2.05, 4.69) is 10.6 Å². The molecule has 0 radical (unpaired) electrons. The summed E-state index contributed by atoms with van der Waals surface area (Å²) in [5.74, 6) is 0.318. The number of hydrogen-bond acceptors (Lipinski definition) is 5. The number of para-hydroxylation sites is 1. The van der Waals surface area contributed by atoms with E-state index in [4.69, 9.17) is 4.74 Å². The number of nitrogens with zero attached hydrogens (tertiary/aromatic N) is 1. The van der Waals surface area contributed by atoms with Gasteiger partial charge in [-0.1, -0.05) is 6.07 Å². The van der Waals surface area contributed by atoms with Crippen LogP contribution in [-0.2, 0) is 0 Å². The lowest BCUT2D eigenvalue weighted by atomic mass is 10.1. The van der Waals surface area contributed by atoms with E-state index in [0.717, 1.165) is 25.9 Å². The van der Waals surface area contributed by atoms with Crippen LogP contribution in [0.15, 0.2) is 18.2 Å². The van der Waals surface area contributed by atoms with Crippen molar-refractivity contribution in [2.24, 2.45) is 0 Å². The summed E-state index contributed by atoms with van der Waals surface area (Å²) in [5.41, 5.74) is 0.550. The summed E-state index contributed by atoms with van der Waals surface area (Å²) in [7, 11) is 0. The monoisotopic (exact) mass is 279 g/mol. The van der Waals surface area contributed by atoms with Gasteiger partial charge in [0.15, 0.2) is 5.75 Å². The van der Waals surface area contributed by atoms with Crippen molar-refractivity contribution in [1.29, 1.82) is 0 Å². The van der Waals surface area contributed by atoms with E-state index < -0.39 is 0 Å². The zero-order valence-electron chi connectivity index (χ0n) is 11.9. The maximum absolute atomic E-state index is 11.3. The van der Waals surface area contributed by atoms with Crippen molar-refractivity contribution in [3.05, 3.63) is 28.3 Å². The smallest absolute Gasteiger partial charge is 0.333 e. The van der Waals surface area contributed by atoms with Crippen LogP contribution >= 0.6 is 0 Å². The molecule has 1 heterocycles. The first-order valence-electron chi connectivity index (χ1n) is 6.99. The standard InChI is InChI=1S/C14H21N3O3/c1-10(2)20-13-7-3-6-12(14(13)17(18)19)16-11-5-4-8-15-9-11/h3,6-7,10-11,15-16H,4-5,8-9H2,1-2H3. The first-order chi connectivity index (χ1) is 9.58. The molecule has 0 bridgehead atoms. The minimum atomic E-state index is -0.379. The third kappa shape index (κ3) is 3.60. The van der Waals surface area contributed by atoms with Crippen LogP contribution in [-0.4, -0.2) is 30.2 Å². The van der Waals surface area contributed by atoms with Gasteiger partial charge in [0, 0.05) is 12.6 Å². The van der Waals surface area contributed by atoms with Crippen molar-refractivity contribution in [2.75, 3.05) is 18.4 Å². The lowest BCUT2D eigenvalue weighted by molar-refractivity contribution is -0.385. The minimum Gasteiger partial charge on any atom is -0.484 e. The molecule has 6 nitrogen and oxygen atoms in total. The second-order valence-corrected chi connectivity index (χ2v) is 5.26. The van der Waals surface area contributed by atoms with Crippen molar-refractivity contribution in [3.8, 4) is 5.75 Å². The van der Waals surface area contributed by atoms with Crippen molar-refractivity contribution >= 4 is 11.4 Å². The summed E-state index contributed by atoms with van der Waals surface area (Å²) in [4.78, 5) is 11.0. The van der Waals surface area contributed by atoms with Gasteiger partial charge in [-0.15, -0.1) is 0 Å². The van der Waals surface area contributed by atoms with Gasteiger partial charge in [0.2, 0.25) is 0 Å². The SMILES string of the molecule is CC(C)Oc1cccc(NC2CCCNC2)c1[N+](=O)[O-]. The highest BCUT2D eigenvalue weighted by molar-refractivity contribution is 5.68. The van der Waals surface area contributed by atoms with E-state index in [1.807, 2.05) is 13.8 Å². The fourth-order valence-electron chi connectivity index (χ4n) is 2.37. The Hall–Kier alpha value is -1.82. The normalized spacial score (nSPS) is 18.9. The summed E-state index contributed by atoms with van der Waals surface area (Å²) in [5, 5.41) is 17.9. The average Bonchev–Trinajstić information content (AvgIpc) is 2.39. The minimum absolute atomic E-state index is 0.0202. The summed E-state index contributed by atoms with van der Waals surface area (Å²) >= 11 is 0. The zero-order valence-corrected chi connectivity index (χ0v) is 11.9. The molecule has 1 aromatic carbocycles. The van der Waals surface area contributed by atoms with Crippen LogP contribution in [0.2, 0.25) is 0 Å². The largest absolute Gasteiger partial charge is 0.484 e. The highest BCUT2D eigenvalue weighted by Gasteiger charge is 2.24. The van der Waals surface area contributed by atoms with E-state index >= 15 is 0 Å². The third-order valence-electron chi connectivity index (χ3n) is 3.20. The second kappa shape index (κ2) is 6.56. The molecule has 1 saturated heterocycles. The fraction of sp³-hybridized carbons (Fsp3) is 0.571. The Morgan fingerprint density at radius 3 is 2.90 bits per heavy atom. The zero-order chi connectivity index (χ0) is 14.5. The number of anilines is 1. The van der Waals surface area contributed by atoms with Gasteiger partial charge in [-0.3, -0.25) is 10.1 Å². The van der Waals surface area contributed by atoms with Gasteiger partial charge in [-0.2, -0.15) is 0 Å². The third-order valence-corrected chi connectivity index (χ3v) is 3.20. The predicted molar refractivity (Wildman–Crippen MR) is 78.4 cm³/mol. The molecule has 0 saturated carbocycles. The maximum Gasteiger partial charge on any atom is 0.333 e. The number of benzene rings is 1. The molecule has 6 heteroatoms. The van der Waals surface area contributed by atoms with E-state index in [0.29, 0.717) is 11.4 Å². The molecule has 0 aromatic heterocycles. The topological polar surface area (TPSA) is 76.4 Å². The Bertz CT molecular complexity index is 471. The summed E-state index contributed by atoms with van der Waals surface area (Å²) < 4.78 is 5.54. The van der Waals surface area contributed by atoms with Crippen LogP contribution in [0.4, 0.5) is 11.4 Å². The maximum atomic E-state index is 11.3. The molecule has 110 valence electrons. The van der Waals surface area contributed by atoms with Crippen molar-refractivity contribution < 1.29 is 9.66 Å². The van der Waals surface area contributed by atoms with Crippen molar-refractivity contribution in [1.82, 2.24) is 5.32 Å². The average molecular weight is 279 g/mol. The molecular weight excluding hydrogens is 258 g/mol. The number of nitro benzene ring substituents is 1. The van der Waals surface area contributed by atoms with Crippen LogP contribution in [0, 0.1) is 10.1 Å². The van der Waals surface area contributed by atoms with E-state index in [1.54, 1.807) is 18.2 Å². The summed E-state index contributed by atoms with van der Waals surface area (Å²) in [6, 6.07) is 5.38. The quantitative estimate of drug-likeness (QED) is 0.640. The number of rotatable bonds is 5. The van der Waals surface area contributed by atoms with Crippen LogP contribution in [0.1, 0.15) is 26.7 Å². The first kappa shape index (κ1) is 14.6. The van der Waals surface area contributed by atoms with Gasteiger partial charge in [0.05, 0.1) is 11.0 Å². The number of piperidine rings is 1. The Kier molecular flexibility index (Phi) is 4.79. The van der Waals surface area contributed by atoms with Gasteiger partial charge in [0.25, 0.3) is 0 Å². The molecule has 1 aliphatic rings. The van der Waals surface area contributed by atoms with Gasteiger partial charge < -0.3 is 15.4 Å². The molecule has 1 fully saturated rings. The lowest BCUT2D eigenvalue weighted by Gasteiger charge is -2.25. The molecule has 2 rings (SSSR count). The second-order valence-electron chi connectivity index (χ2n) is 5.26. The van der Waals surface area contributed by atoms with Crippen molar-refractivity contribution in [3.63, 3.8) is 0 Å². The number of ether oxygens (including phenoxy) is 1. The highest BCUT2D eigenvalue weighted by atomic mass is 16.6. The number of nitro groups is 1. The van der Waals surface area contributed by atoms with Crippen LogP contribution in [0.25, 0.3) is 0 Å². The summed E-state index contributed by atoms with van der Waals surface area (Å²) in [6.45, 7) is 5.55. The van der Waals surface area contributed by atoms with Crippen molar-refractivity contribution in [2.45, 2.75) is 38.8 Å². The van der Waals surface area contributed by atoms with E-state index in [9.17, 15) is 10.1 Å². The fourth-order valence-corrected chi connectivity index (χ4v) is 2.37. The lowest BCUT2D eigenvalue weighted by Crippen LogP contribution is -2.38. The van der Waals surface area contributed by atoms with Gasteiger partial charge in [-0.25, -0.2) is 0 Å². The van der Waals surface area contributed by atoms with Crippen LogP contribution < -0.4 is 15.4 Å². The number of nitrogens with one attached hydrogen (secondary N) is 2. The molecule has 0 aliphatic carbocycles. The van der Waals surface area contributed by atoms with Gasteiger partial charge >= 0.3 is 5.69 Å². The number of hydrogen-bond donors (Lipinski definition) is 2. The molecule has 1 atom stereocenters. The molecule has 2 N–H and O–H groups in total.